The van der Waals surface area contributed by atoms with Gasteiger partial charge >= 0.3 is 0 Å². The summed E-state index contributed by atoms with van der Waals surface area (Å²) >= 11 is 3.44. The van der Waals surface area contributed by atoms with Crippen molar-refractivity contribution in [2.24, 2.45) is 0 Å². The second kappa shape index (κ2) is 4.94. The minimum atomic E-state index is 0.505. The van der Waals surface area contributed by atoms with Gasteiger partial charge in [0, 0.05) is 10.5 Å². The highest BCUT2D eigenvalue weighted by Crippen LogP contribution is 2.20. The number of rotatable bonds is 3. The van der Waals surface area contributed by atoms with E-state index < -0.39 is 0 Å². The summed E-state index contributed by atoms with van der Waals surface area (Å²) in [5.74, 6) is 0.834. The van der Waals surface area contributed by atoms with Crippen molar-refractivity contribution >= 4 is 15.9 Å². The number of hydrogen-bond acceptors (Lipinski definition) is 3. The zero-order valence-electron chi connectivity index (χ0n) is 8.79. The molecule has 1 aliphatic heterocycles. The third-order valence-electron chi connectivity index (χ3n) is 2.61. The number of ether oxygens (including phenoxy) is 1. The van der Waals surface area contributed by atoms with E-state index in [-0.39, 0.29) is 0 Å². The Kier molecular flexibility index (Phi) is 3.59. The first-order valence-electron chi connectivity index (χ1n) is 5.24. The molecule has 3 nitrogen and oxygen atoms in total. The van der Waals surface area contributed by atoms with Gasteiger partial charge in [-0.3, -0.25) is 4.98 Å². The Bertz CT molecular complexity index is 337. The highest BCUT2D eigenvalue weighted by Gasteiger charge is 2.14. The molecule has 0 bridgehead atoms. The number of aryl methyl sites for hydroxylation is 1. The molecule has 0 amide bonds. The quantitative estimate of drug-likeness (QED) is 0.915. The maximum Gasteiger partial charge on any atom is 0.138 e. The fraction of sp³-hybridized carbons (Fsp3) is 0.545. The first kappa shape index (κ1) is 10.9. The average molecular weight is 271 g/mol. The van der Waals surface area contributed by atoms with E-state index >= 15 is 0 Å². The molecule has 0 unspecified atom stereocenters. The van der Waals surface area contributed by atoms with Crippen LogP contribution in [0.25, 0.3) is 0 Å². The minimum absolute atomic E-state index is 0.505. The van der Waals surface area contributed by atoms with Gasteiger partial charge in [0.05, 0.1) is 11.9 Å². The molecular weight excluding hydrogens is 256 g/mol. The van der Waals surface area contributed by atoms with Gasteiger partial charge in [-0.25, -0.2) is 0 Å². The van der Waals surface area contributed by atoms with Crippen molar-refractivity contribution in [1.82, 2.24) is 10.3 Å². The molecule has 0 radical (unpaired) electrons. The van der Waals surface area contributed by atoms with Crippen LogP contribution in [0.3, 0.4) is 0 Å². The maximum absolute atomic E-state index is 5.67. The summed E-state index contributed by atoms with van der Waals surface area (Å²) in [6.07, 6.45) is 4.24. The molecule has 0 saturated carbocycles. The summed E-state index contributed by atoms with van der Waals surface area (Å²) in [7, 11) is 0. The fourth-order valence-corrected chi connectivity index (χ4v) is 1.99. The van der Waals surface area contributed by atoms with Crippen LogP contribution in [0.5, 0.6) is 5.75 Å². The molecule has 82 valence electrons. The van der Waals surface area contributed by atoms with Crippen LogP contribution in [0.1, 0.15) is 18.5 Å². The van der Waals surface area contributed by atoms with Gasteiger partial charge in [-0.2, -0.15) is 0 Å². The summed E-state index contributed by atoms with van der Waals surface area (Å²) in [5, 5.41) is 3.40. The minimum Gasteiger partial charge on any atom is -0.490 e. The van der Waals surface area contributed by atoms with Crippen molar-refractivity contribution in [3.05, 3.63) is 22.4 Å². The Balaban J connectivity index is 1.90. The van der Waals surface area contributed by atoms with Crippen molar-refractivity contribution in [3.63, 3.8) is 0 Å². The smallest absolute Gasteiger partial charge is 0.138 e. The largest absolute Gasteiger partial charge is 0.490 e. The van der Waals surface area contributed by atoms with E-state index in [4.69, 9.17) is 4.74 Å². The molecule has 1 aromatic heterocycles. The molecule has 1 aromatic rings. The topological polar surface area (TPSA) is 34.1 Å². The molecule has 2 rings (SSSR count). The van der Waals surface area contributed by atoms with Gasteiger partial charge in [0.15, 0.2) is 0 Å². The second-order valence-corrected chi connectivity index (χ2v) is 4.70. The average Bonchev–Trinajstić information content (AvgIpc) is 2.73. The fourth-order valence-electron chi connectivity index (χ4n) is 1.66. The zero-order valence-corrected chi connectivity index (χ0v) is 10.4. The Morgan fingerprint density at radius 3 is 3.20 bits per heavy atom. The van der Waals surface area contributed by atoms with Gasteiger partial charge in [-0.15, -0.1) is 0 Å². The molecule has 2 heterocycles. The van der Waals surface area contributed by atoms with Gasteiger partial charge in [-0.1, -0.05) is 0 Å². The molecule has 1 aliphatic rings. The van der Waals surface area contributed by atoms with Gasteiger partial charge in [-0.05, 0) is 48.3 Å². The first-order chi connectivity index (χ1) is 7.25. The van der Waals surface area contributed by atoms with Crippen LogP contribution in [0.2, 0.25) is 0 Å². The van der Waals surface area contributed by atoms with Gasteiger partial charge < -0.3 is 10.1 Å². The number of hydrogen-bond donors (Lipinski definition) is 1. The lowest BCUT2D eigenvalue weighted by Gasteiger charge is -2.12. The predicted octanol–water partition coefficient (Wildman–Crippen LogP) is 2.28. The van der Waals surface area contributed by atoms with E-state index in [1.807, 2.05) is 13.0 Å². The maximum atomic E-state index is 5.67. The van der Waals surface area contributed by atoms with Crippen molar-refractivity contribution in [2.75, 3.05) is 13.2 Å². The van der Waals surface area contributed by atoms with E-state index in [1.165, 1.54) is 12.8 Å². The lowest BCUT2D eigenvalue weighted by atomic mass is 10.2. The lowest BCUT2D eigenvalue weighted by Crippen LogP contribution is -2.28. The molecule has 1 fully saturated rings. The van der Waals surface area contributed by atoms with Crippen molar-refractivity contribution in [3.8, 4) is 5.75 Å². The van der Waals surface area contributed by atoms with Crippen LogP contribution >= 0.6 is 15.9 Å². The summed E-state index contributed by atoms with van der Waals surface area (Å²) in [6, 6.07) is 2.47. The van der Waals surface area contributed by atoms with Crippen LogP contribution in [-0.2, 0) is 0 Å². The highest BCUT2D eigenvalue weighted by atomic mass is 79.9. The molecule has 4 heteroatoms. The monoisotopic (exact) mass is 270 g/mol. The number of nitrogens with zero attached hydrogens (tertiary/aromatic N) is 1. The van der Waals surface area contributed by atoms with Crippen LogP contribution in [0, 0.1) is 6.92 Å². The van der Waals surface area contributed by atoms with Gasteiger partial charge in [0.25, 0.3) is 0 Å². The Labute approximate surface area is 98.4 Å². The molecule has 0 aromatic carbocycles. The van der Waals surface area contributed by atoms with E-state index in [2.05, 4.69) is 26.2 Å². The van der Waals surface area contributed by atoms with Gasteiger partial charge in [0.2, 0.25) is 0 Å². The molecule has 1 N–H and O–H groups in total. The van der Waals surface area contributed by atoms with Crippen molar-refractivity contribution < 1.29 is 4.74 Å². The Morgan fingerprint density at radius 2 is 2.53 bits per heavy atom. The summed E-state index contributed by atoms with van der Waals surface area (Å²) in [6.45, 7) is 3.81. The van der Waals surface area contributed by atoms with Gasteiger partial charge in [0.1, 0.15) is 12.4 Å². The first-order valence-corrected chi connectivity index (χ1v) is 6.03. The Morgan fingerprint density at radius 1 is 1.67 bits per heavy atom. The highest BCUT2D eigenvalue weighted by molar-refractivity contribution is 9.10. The molecular formula is C11H15BrN2O. The molecule has 0 aliphatic carbocycles. The normalized spacial score (nSPS) is 20.5. The number of aromatic nitrogens is 1. The summed E-state index contributed by atoms with van der Waals surface area (Å²) in [4.78, 5) is 4.23. The molecule has 0 spiro atoms. The summed E-state index contributed by atoms with van der Waals surface area (Å²) in [5.41, 5.74) is 0.987. The zero-order chi connectivity index (χ0) is 10.7. The van der Waals surface area contributed by atoms with E-state index in [0.717, 1.165) is 29.1 Å². The standard InChI is InChI=1S/C11H15BrN2O/c1-8-11(12)5-10(6-14-8)15-7-9-3-2-4-13-9/h5-6,9,13H,2-4,7H2,1H3/t9-/m1/s1. The predicted molar refractivity (Wildman–Crippen MR) is 63.2 cm³/mol. The van der Waals surface area contributed by atoms with Crippen LogP contribution in [0.15, 0.2) is 16.7 Å². The Hall–Kier alpha value is -0.610. The van der Waals surface area contributed by atoms with Crippen LogP contribution in [-0.4, -0.2) is 24.2 Å². The number of halogens is 1. The van der Waals surface area contributed by atoms with Crippen LogP contribution in [0.4, 0.5) is 0 Å². The number of nitrogens with one attached hydrogen (secondary N) is 1. The molecule has 1 saturated heterocycles. The van der Waals surface area contributed by atoms with Crippen molar-refractivity contribution in [2.45, 2.75) is 25.8 Å². The van der Waals surface area contributed by atoms with E-state index in [0.29, 0.717) is 6.04 Å². The van der Waals surface area contributed by atoms with E-state index in [1.54, 1.807) is 6.20 Å². The third kappa shape index (κ3) is 2.92. The van der Waals surface area contributed by atoms with Crippen molar-refractivity contribution in [1.29, 1.82) is 0 Å². The SMILES string of the molecule is Cc1ncc(OC[C@H]2CCCN2)cc1Br. The summed E-state index contributed by atoms with van der Waals surface area (Å²) < 4.78 is 6.67. The van der Waals surface area contributed by atoms with E-state index in [9.17, 15) is 0 Å². The number of pyridine rings is 1. The molecule has 15 heavy (non-hydrogen) atoms. The second-order valence-electron chi connectivity index (χ2n) is 3.84. The van der Waals surface area contributed by atoms with Crippen LogP contribution < -0.4 is 10.1 Å². The lowest BCUT2D eigenvalue weighted by molar-refractivity contribution is 0.276. The third-order valence-corrected chi connectivity index (χ3v) is 3.42. The molecule has 1 atom stereocenters.